The number of aromatic nitrogens is 1. The van der Waals surface area contributed by atoms with Gasteiger partial charge in [0.25, 0.3) is 0 Å². The van der Waals surface area contributed by atoms with Gasteiger partial charge in [0.2, 0.25) is 0 Å². The molecule has 0 saturated heterocycles. The summed E-state index contributed by atoms with van der Waals surface area (Å²) in [6.07, 6.45) is 10.0. The van der Waals surface area contributed by atoms with Crippen molar-refractivity contribution in [1.82, 2.24) is 4.57 Å². The van der Waals surface area contributed by atoms with E-state index in [1.807, 2.05) is 4.57 Å². The molecule has 0 spiro atoms. The number of hydrogen-bond acceptors (Lipinski definition) is 3. The van der Waals surface area contributed by atoms with Crippen LogP contribution in [0.3, 0.4) is 0 Å². The molecule has 34 heavy (non-hydrogen) atoms. The van der Waals surface area contributed by atoms with Crippen molar-refractivity contribution >= 4 is 50.4 Å². The molecule has 1 aromatic carbocycles. The Bertz CT molecular complexity index is 1060. The molecule has 0 aliphatic heterocycles. The van der Waals surface area contributed by atoms with Crippen molar-refractivity contribution in [1.29, 1.82) is 0 Å². The van der Waals surface area contributed by atoms with Crippen molar-refractivity contribution in [3.63, 3.8) is 0 Å². The molecule has 1 fully saturated rings. The molecule has 3 rings (SSSR count). The van der Waals surface area contributed by atoms with Crippen molar-refractivity contribution in [2.75, 3.05) is 6.61 Å². The van der Waals surface area contributed by atoms with E-state index in [1.165, 1.54) is 6.07 Å². The topological polar surface area (TPSA) is 48.3 Å². The fraction of sp³-hybridized carbons (Fsp3) is 0.630. The van der Waals surface area contributed by atoms with E-state index in [1.54, 1.807) is 13.1 Å². The molecule has 2 aromatic rings. The standard InChI is InChI=1S/C15H12ClFNO3.3C4H9.Sn/c1-2-21-15(20)11-7-18(9-3-4-9)13-10(14(11)19)5-8(17)6-12(13)16;3*1-3-4-2;/h5,7,9H,2-4H2,1H3;3*1,3-4H2,2H3;. The van der Waals surface area contributed by atoms with Crippen LogP contribution in [-0.4, -0.2) is 35.5 Å². The predicted octanol–water partition coefficient (Wildman–Crippen LogP) is 7.36. The van der Waals surface area contributed by atoms with Gasteiger partial charge in [-0.05, 0) is 0 Å². The Morgan fingerprint density at radius 1 is 1.09 bits per heavy atom. The summed E-state index contributed by atoms with van der Waals surface area (Å²) in [5.41, 5.74) is 0.0838. The first-order valence-corrected chi connectivity index (χ1v) is 21.0. The van der Waals surface area contributed by atoms with E-state index in [0.29, 0.717) is 10.5 Å². The Kier molecular flexibility index (Phi) is 9.91. The summed E-state index contributed by atoms with van der Waals surface area (Å²) in [6.45, 7) is 8.45. The number of carbonyl (C=O) groups is 1. The molecule has 1 aliphatic carbocycles. The zero-order valence-electron chi connectivity index (χ0n) is 21.1. The van der Waals surface area contributed by atoms with Crippen molar-refractivity contribution in [3.8, 4) is 0 Å². The summed E-state index contributed by atoms with van der Waals surface area (Å²) >= 11 is 3.92. The van der Waals surface area contributed by atoms with Gasteiger partial charge in [-0.25, -0.2) is 0 Å². The maximum absolute atomic E-state index is 16.1. The first-order valence-electron chi connectivity index (χ1n) is 13.1. The van der Waals surface area contributed by atoms with Gasteiger partial charge >= 0.3 is 213 Å². The molecule has 0 amide bonds. The van der Waals surface area contributed by atoms with E-state index in [-0.39, 0.29) is 29.4 Å². The minimum atomic E-state index is -3.23. The normalized spacial score (nSPS) is 14.1. The summed E-state index contributed by atoms with van der Waals surface area (Å²) in [5.74, 6) is -0.996. The van der Waals surface area contributed by atoms with Gasteiger partial charge in [0.1, 0.15) is 0 Å². The summed E-state index contributed by atoms with van der Waals surface area (Å²) in [7, 11) is 0. The summed E-state index contributed by atoms with van der Waals surface area (Å²) < 4.78 is 27.2. The van der Waals surface area contributed by atoms with Gasteiger partial charge in [0.05, 0.1) is 0 Å². The van der Waals surface area contributed by atoms with Gasteiger partial charge in [0.15, 0.2) is 0 Å². The molecule has 0 unspecified atom stereocenters. The van der Waals surface area contributed by atoms with Crippen LogP contribution >= 0.6 is 11.6 Å². The molecule has 4 nitrogen and oxygen atoms in total. The third-order valence-corrected chi connectivity index (χ3v) is 23.7. The van der Waals surface area contributed by atoms with E-state index in [9.17, 15) is 9.59 Å². The number of nitrogens with zero attached hydrogens (tertiary/aromatic N) is 1. The molecule has 188 valence electrons. The molecule has 0 N–H and O–H groups in total. The Labute approximate surface area is 212 Å². The van der Waals surface area contributed by atoms with E-state index in [0.717, 1.165) is 68.3 Å². The fourth-order valence-corrected chi connectivity index (χ4v) is 23.3. The van der Waals surface area contributed by atoms with Crippen LogP contribution in [0.15, 0.2) is 17.1 Å². The van der Waals surface area contributed by atoms with Crippen LogP contribution < -0.4 is 9.01 Å². The van der Waals surface area contributed by atoms with Crippen LogP contribution in [0.1, 0.15) is 95.5 Å². The number of pyridine rings is 1. The van der Waals surface area contributed by atoms with Gasteiger partial charge in [-0.3, -0.25) is 0 Å². The zero-order valence-corrected chi connectivity index (χ0v) is 24.8. The second-order valence-electron chi connectivity index (χ2n) is 9.77. The van der Waals surface area contributed by atoms with Crippen molar-refractivity contribution in [3.05, 3.63) is 38.9 Å². The summed E-state index contributed by atoms with van der Waals surface area (Å²) in [4.78, 5) is 25.8. The van der Waals surface area contributed by atoms with E-state index in [4.69, 9.17) is 16.3 Å². The minimum absolute atomic E-state index is 0.0396. The van der Waals surface area contributed by atoms with Crippen LogP contribution in [0.5, 0.6) is 0 Å². The average molecular weight is 599 g/mol. The molecule has 1 aromatic heterocycles. The molecule has 0 radical (unpaired) electrons. The van der Waals surface area contributed by atoms with Gasteiger partial charge < -0.3 is 0 Å². The number of ether oxygens (including phenoxy) is 1. The number of unbranched alkanes of at least 4 members (excludes halogenated alkanes) is 3. The Balaban J connectivity index is 2.32. The monoisotopic (exact) mass is 599 g/mol. The molecule has 1 heterocycles. The molecule has 0 bridgehead atoms. The van der Waals surface area contributed by atoms with Crippen molar-refractivity contribution in [2.45, 2.75) is 98.4 Å². The number of fused-ring (bicyclic) bond motifs is 1. The second kappa shape index (κ2) is 12.2. The van der Waals surface area contributed by atoms with Gasteiger partial charge in [0, 0.05) is 0 Å². The number of halogens is 2. The third kappa shape index (κ3) is 5.66. The molecular weight excluding hydrogens is 559 g/mol. The molecule has 0 atom stereocenters. The summed E-state index contributed by atoms with van der Waals surface area (Å²) in [5, 5.41) is 0.638. The first kappa shape index (κ1) is 27.5. The van der Waals surface area contributed by atoms with Crippen LogP contribution in [0.25, 0.3) is 10.9 Å². The third-order valence-electron chi connectivity index (χ3n) is 7.20. The number of rotatable bonds is 13. The van der Waals surface area contributed by atoms with E-state index < -0.39 is 29.8 Å². The fourth-order valence-electron chi connectivity index (χ4n) is 5.22. The van der Waals surface area contributed by atoms with Gasteiger partial charge in [-0.1, -0.05) is 0 Å². The number of carbonyl (C=O) groups excluding carboxylic acids is 1. The average Bonchev–Trinajstić information content (AvgIpc) is 3.65. The Morgan fingerprint density at radius 3 is 2.12 bits per heavy atom. The van der Waals surface area contributed by atoms with Crippen LogP contribution in [0.2, 0.25) is 18.3 Å². The van der Waals surface area contributed by atoms with E-state index in [2.05, 4.69) is 20.8 Å². The van der Waals surface area contributed by atoms with Crippen LogP contribution in [0.4, 0.5) is 4.39 Å². The number of esters is 1. The zero-order chi connectivity index (χ0) is 24.9. The number of hydrogen-bond donors (Lipinski definition) is 0. The Hall–Kier alpha value is -1.08. The van der Waals surface area contributed by atoms with E-state index >= 15 is 4.39 Å². The Morgan fingerprint density at radius 2 is 1.65 bits per heavy atom. The molecule has 1 aliphatic rings. The quantitative estimate of drug-likeness (QED) is 0.179. The van der Waals surface area contributed by atoms with Gasteiger partial charge in [-0.15, -0.1) is 0 Å². The van der Waals surface area contributed by atoms with Crippen molar-refractivity contribution < 1.29 is 13.9 Å². The SMILES string of the molecule is CCC[CH2][Sn]([CH2]CCC)([CH2]CCC)[c]1c(F)cc2c(=O)c(C(=O)OCC)cn(C3CC3)c2c1Cl. The predicted molar refractivity (Wildman–Crippen MR) is 142 cm³/mol. The van der Waals surface area contributed by atoms with Crippen molar-refractivity contribution in [2.24, 2.45) is 0 Å². The number of benzene rings is 1. The second-order valence-corrected chi connectivity index (χ2v) is 23.2. The van der Waals surface area contributed by atoms with Crippen LogP contribution in [-0.2, 0) is 4.74 Å². The molecule has 7 heteroatoms. The molecule has 1 saturated carbocycles. The summed E-state index contributed by atoms with van der Waals surface area (Å²) in [6, 6.07) is 1.56. The first-order chi connectivity index (χ1) is 16.3. The van der Waals surface area contributed by atoms with Gasteiger partial charge in [-0.2, -0.15) is 0 Å². The maximum atomic E-state index is 16.1. The molecular formula is C27H39ClFNO3Sn. The van der Waals surface area contributed by atoms with Crippen LogP contribution in [0, 0.1) is 5.82 Å².